The topological polar surface area (TPSA) is 78.5 Å². The van der Waals surface area contributed by atoms with Gasteiger partial charge in [0.05, 0.1) is 13.1 Å². The SMILES string of the molecule is CC(=O)c1ccc(NC(=O)CN(C)CC(=O)Nc2cccc(F)c2)cc1. The molecule has 0 atom stereocenters. The van der Waals surface area contributed by atoms with Crippen LogP contribution in [-0.4, -0.2) is 42.6 Å². The molecule has 0 bridgehead atoms. The van der Waals surface area contributed by atoms with Crippen molar-refractivity contribution in [3.05, 3.63) is 59.9 Å². The molecule has 0 aromatic heterocycles. The van der Waals surface area contributed by atoms with Crippen LogP contribution in [0.2, 0.25) is 0 Å². The lowest BCUT2D eigenvalue weighted by Gasteiger charge is -2.16. The summed E-state index contributed by atoms with van der Waals surface area (Å²) >= 11 is 0. The highest BCUT2D eigenvalue weighted by Gasteiger charge is 2.11. The van der Waals surface area contributed by atoms with Crippen LogP contribution in [0, 0.1) is 5.82 Å². The molecule has 0 saturated carbocycles. The van der Waals surface area contributed by atoms with Crippen LogP contribution < -0.4 is 10.6 Å². The van der Waals surface area contributed by atoms with Crippen LogP contribution in [0.1, 0.15) is 17.3 Å². The van der Waals surface area contributed by atoms with E-state index < -0.39 is 5.82 Å². The average Bonchev–Trinajstić information content (AvgIpc) is 2.54. The molecule has 2 amide bonds. The van der Waals surface area contributed by atoms with E-state index >= 15 is 0 Å². The molecule has 2 N–H and O–H groups in total. The fourth-order valence-electron chi connectivity index (χ4n) is 2.30. The molecule has 7 heteroatoms. The first-order valence-corrected chi connectivity index (χ1v) is 7.98. The third kappa shape index (κ3) is 6.10. The maximum Gasteiger partial charge on any atom is 0.238 e. The first-order valence-electron chi connectivity index (χ1n) is 7.98. The Labute approximate surface area is 151 Å². The number of rotatable bonds is 7. The molecule has 0 aliphatic carbocycles. The van der Waals surface area contributed by atoms with Crippen molar-refractivity contribution in [1.29, 1.82) is 0 Å². The Balaban J connectivity index is 1.80. The van der Waals surface area contributed by atoms with Crippen LogP contribution >= 0.6 is 0 Å². The standard InChI is InChI=1S/C19H20FN3O3/c1-13(24)14-6-8-16(9-7-14)21-18(25)11-23(2)12-19(26)22-17-5-3-4-15(20)10-17/h3-10H,11-12H2,1-2H3,(H,21,25)(H,22,26). The first kappa shape index (κ1) is 19.3. The summed E-state index contributed by atoms with van der Waals surface area (Å²) in [5.74, 6) is -1.13. The molecule has 0 saturated heterocycles. The van der Waals surface area contributed by atoms with Crippen LogP contribution in [0.4, 0.5) is 15.8 Å². The van der Waals surface area contributed by atoms with E-state index in [1.165, 1.54) is 30.0 Å². The van der Waals surface area contributed by atoms with Crippen LogP contribution in [0.3, 0.4) is 0 Å². The van der Waals surface area contributed by atoms with Crippen molar-refractivity contribution in [3.8, 4) is 0 Å². The van der Waals surface area contributed by atoms with E-state index in [4.69, 9.17) is 0 Å². The summed E-state index contributed by atoms with van der Waals surface area (Å²) in [5, 5.41) is 5.27. The van der Waals surface area contributed by atoms with E-state index in [9.17, 15) is 18.8 Å². The van der Waals surface area contributed by atoms with Gasteiger partial charge in [0.1, 0.15) is 5.82 Å². The van der Waals surface area contributed by atoms with Crippen molar-refractivity contribution in [2.24, 2.45) is 0 Å². The van der Waals surface area contributed by atoms with E-state index in [0.717, 1.165) is 0 Å². The van der Waals surface area contributed by atoms with Crippen molar-refractivity contribution >= 4 is 29.0 Å². The number of ketones is 1. The largest absolute Gasteiger partial charge is 0.325 e. The third-order valence-corrected chi connectivity index (χ3v) is 3.51. The van der Waals surface area contributed by atoms with Gasteiger partial charge in [0.15, 0.2) is 5.78 Å². The van der Waals surface area contributed by atoms with Gasteiger partial charge in [-0.2, -0.15) is 0 Å². The minimum Gasteiger partial charge on any atom is -0.325 e. The summed E-state index contributed by atoms with van der Waals surface area (Å²) in [5.41, 5.74) is 1.49. The Hall–Kier alpha value is -3.06. The number of hydrogen-bond acceptors (Lipinski definition) is 4. The maximum absolute atomic E-state index is 13.1. The van der Waals surface area contributed by atoms with Gasteiger partial charge in [0.25, 0.3) is 0 Å². The van der Waals surface area contributed by atoms with E-state index in [-0.39, 0.29) is 30.7 Å². The molecule has 0 radical (unpaired) electrons. The second-order valence-corrected chi connectivity index (χ2v) is 5.91. The van der Waals surface area contributed by atoms with Crippen LogP contribution in [0.5, 0.6) is 0 Å². The van der Waals surface area contributed by atoms with Gasteiger partial charge in [0, 0.05) is 16.9 Å². The predicted octanol–water partition coefficient (Wildman–Crippen LogP) is 2.54. The smallest absolute Gasteiger partial charge is 0.238 e. The van der Waals surface area contributed by atoms with Gasteiger partial charge in [-0.1, -0.05) is 6.07 Å². The zero-order valence-corrected chi connectivity index (χ0v) is 14.6. The predicted molar refractivity (Wildman–Crippen MR) is 97.6 cm³/mol. The minimum atomic E-state index is -0.439. The normalized spacial score (nSPS) is 10.5. The van der Waals surface area contributed by atoms with E-state index in [1.807, 2.05) is 0 Å². The lowest BCUT2D eigenvalue weighted by Crippen LogP contribution is -2.36. The highest BCUT2D eigenvalue weighted by Crippen LogP contribution is 2.10. The number of carbonyl (C=O) groups is 3. The zero-order chi connectivity index (χ0) is 19.1. The van der Waals surface area contributed by atoms with Crippen molar-refractivity contribution < 1.29 is 18.8 Å². The lowest BCUT2D eigenvalue weighted by atomic mass is 10.1. The van der Waals surface area contributed by atoms with Gasteiger partial charge in [0.2, 0.25) is 11.8 Å². The van der Waals surface area contributed by atoms with Gasteiger partial charge in [-0.15, -0.1) is 0 Å². The van der Waals surface area contributed by atoms with Gasteiger partial charge < -0.3 is 10.6 Å². The number of Topliss-reactive ketones (excluding diaryl/α,β-unsaturated/α-hetero) is 1. The summed E-state index contributed by atoms with van der Waals surface area (Å²) in [6.45, 7) is 1.45. The molecular formula is C19H20FN3O3. The fourth-order valence-corrected chi connectivity index (χ4v) is 2.30. The van der Waals surface area contributed by atoms with E-state index in [0.29, 0.717) is 16.9 Å². The highest BCUT2D eigenvalue weighted by atomic mass is 19.1. The highest BCUT2D eigenvalue weighted by molar-refractivity contribution is 5.96. The Morgan fingerprint density at radius 2 is 1.50 bits per heavy atom. The molecule has 2 aromatic rings. The summed E-state index contributed by atoms with van der Waals surface area (Å²) in [6, 6.07) is 12.1. The third-order valence-electron chi connectivity index (χ3n) is 3.51. The van der Waals surface area contributed by atoms with Gasteiger partial charge in [-0.3, -0.25) is 19.3 Å². The summed E-state index contributed by atoms with van der Waals surface area (Å²) in [6.07, 6.45) is 0. The molecule has 0 unspecified atom stereocenters. The van der Waals surface area contributed by atoms with Gasteiger partial charge in [-0.05, 0) is 56.4 Å². The molecule has 0 fully saturated rings. The van der Waals surface area contributed by atoms with Crippen LogP contribution in [-0.2, 0) is 9.59 Å². The molecule has 0 spiro atoms. The van der Waals surface area contributed by atoms with E-state index in [1.54, 1.807) is 37.4 Å². The molecule has 0 aliphatic rings. The molecule has 0 heterocycles. The second kappa shape index (κ2) is 8.87. The molecule has 2 aromatic carbocycles. The number of likely N-dealkylation sites (N-methyl/N-ethyl adjacent to an activating group) is 1. The molecule has 0 aliphatic heterocycles. The summed E-state index contributed by atoms with van der Waals surface area (Å²) in [7, 11) is 1.63. The van der Waals surface area contributed by atoms with Crippen molar-refractivity contribution in [2.45, 2.75) is 6.92 Å². The minimum absolute atomic E-state index is 0.00499. The van der Waals surface area contributed by atoms with Crippen molar-refractivity contribution in [3.63, 3.8) is 0 Å². The number of nitrogens with one attached hydrogen (secondary N) is 2. The number of carbonyl (C=O) groups excluding carboxylic acids is 3. The number of nitrogens with zero attached hydrogens (tertiary/aromatic N) is 1. The van der Waals surface area contributed by atoms with E-state index in [2.05, 4.69) is 10.6 Å². The van der Waals surface area contributed by atoms with Crippen LogP contribution in [0.25, 0.3) is 0 Å². The Morgan fingerprint density at radius 3 is 2.04 bits per heavy atom. The fraction of sp³-hybridized carbons (Fsp3) is 0.211. The summed E-state index contributed by atoms with van der Waals surface area (Å²) in [4.78, 5) is 36.7. The Kier molecular flexibility index (Phi) is 6.57. The number of hydrogen-bond donors (Lipinski definition) is 2. The molecular weight excluding hydrogens is 337 g/mol. The monoisotopic (exact) mass is 357 g/mol. The first-order chi connectivity index (χ1) is 12.3. The zero-order valence-electron chi connectivity index (χ0n) is 14.6. The lowest BCUT2D eigenvalue weighted by molar-refractivity contribution is -0.119. The number of benzene rings is 2. The van der Waals surface area contributed by atoms with Crippen molar-refractivity contribution in [2.75, 3.05) is 30.8 Å². The number of anilines is 2. The number of halogens is 1. The Morgan fingerprint density at radius 1 is 0.923 bits per heavy atom. The molecule has 6 nitrogen and oxygen atoms in total. The molecule has 2 rings (SSSR count). The van der Waals surface area contributed by atoms with Crippen LogP contribution in [0.15, 0.2) is 48.5 Å². The molecule has 26 heavy (non-hydrogen) atoms. The average molecular weight is 357 g/mol. The maximum atomic E-state index is 13.1. The number of amides is 2. The van der Waals surface area contributed by atoms with Gasteiger partial charge >= 0.3 is 0 Å². The second-order valence-electron chi connectivity index (χ2n) is 5.91. The summed E-state index contributed by atoms with van der Waals surface area (Å²) < 4.78 is 13.1. The Bertz CT molecular complexity index is 806. The van der Waals surface area contributed by atoms with Gasteiger partial charge in [-0.25, -0.2) is 4.39 Å². The molecule has 136 valence electrons. The quantitative estimate of drug-likeness (QED) is 0.747. The van der Waals surface area contributed by atoms with Crippen molar-refractivity contribution in [1.82, 2.24) is 4.90 Å².